The predicted molar refractivity (Wildman–Crippen MR) is 49.4 cm³/mol. The molecule has 0 aliphatic carbocycles. The van der Waals surface area contributed by atoms with Crippen LogP contribution in [0.15, 0.2) is 28.7 Å². The number of nitrogens with zero attached hydrogens (tertiary/aromatic N) is 2. The molecule has 0 unspecified atom stereocenters. The summed E-state index contributed by atoms with van der Waals surface area (Å²) in [5.74, 6) is -0.121. The highest BCUT2D eigenvalue weighted by Gasteiger charge is 2.07. The second-order valence-corrected chi connectivity index (χ2v) is 2.68. The first kappa shape index (κ1) is 9.32. The number of halogens is 1. The molecule has 1 N–H and O–H groups in total. The van der Waals surface area contributed by atoms with Crippen molar-refractivity contribution in [1.29, 1.82) is 0 Å². The molecule has 0 bridgehead atoms. The maximum absolute atomic E-state index is 12.6. The molecule has 1 amide bonds. The summed E-state index contributed by atoms with van der Waals surface area (Å²) in [6, 6.07) is 5.59. The van der Waals surface area contributed by atoms with Gasteiger partial charge in [-0.2, -0.15) is 0 Å². The number of amides is 1. The van der Waals surface area contributed by atoms with Gasteiger partial charge in [0.2, 0.25) is 12.3 Å². The number of nitrogens with one attached hydrogen (secondary N) is 1. The Bertz CT molecular complexity index is 466. The molecule has 2 aromatic rings. The molecule has 0 saturated heterocycles. The van der Waals surface area contributed by atoms with Crippen LogP contribution in [0.4, 0.5) is 10.4 Å². The highest BCUT2D eigenvalue weighted by Crippen LogP contribution is 2.19. The van der Waals surface area contributed by atoms with Gasteiger partial charge >= 0.3 is 6.01 Å². The van der Waals surface area contributed by atoms with Crippen LogP contribution in [0.25, 0.3) is 11.5 Å². The van der Waals surface area contributed by atoms with E-state index in [0.717, 1.165) is 0 Å². The van der Waals surface area contributed by atoms with E-state index in [-0.39, 0.29) is 17.7 Å². The van der Waals surface area contributed by atoms with Crippen LogP contribution in [-0.4, -0.2) is 16.6 Å². The Balaban J connectivity index is 2.28. The van der Waals surface area contributed by atoms with Crippen LogP contribution in [-0.2, 0) is 4.79 Å². The zero-order valence-electron chi connectivity index (χ0n) is 7.48. The Kier molecular flexibility index (Phi) is 2.40. The van der Waals surface area contributed by atoms with Crippen molar-refractivity contribution in [2.45, 2.75) is 0 Å². The van der Waals surface area contributed by atoms with Crippen molar-refractivity contribution in [2.24, 2.45) is 0 Å². The molecule has 76 valence electrons. The fourth-order valence-electron chi connectivity index (χ4n) is 1.04. The zero-order chi connectivity index (χ0) is 10.7. The van der Waals surface area contributed by atoms with Gasteiger partial charge in [0.05, 0.1) is 0 Å². The smallest absolute Gasteiger partial charge is 0.322 e. The molecule has 5 nitrogen and oxygen atoms in total. The van der Waals surface area contributed by atoms with Crippen molar-refractivity contribution in [2.75, 3.05) is 5.32 Å². The van der Waals surface area contributed by atoms with Gasteiger partial charge in [0, 0.05) is 5.56 Å². The Morgan fingerprint density at radius 2 is 2.00 bits per heavy atom. The Labute approximate surface area is 83.9 Å². The number of aromatic nitrogens is 2. The topological polar surface area (TPSA) is 68.0 Å². The molecule has 0 aliphatic heterocycles. The fraction of sp³-hybridized carbons (Fsp3) is 0. The number of hydrogen-bond donors (Lipinski definition) is 1. The number of anilines is 1. The molecule has 15 heavy (non-hydrogen) atoms. The molecule has 1 aromatic heterocycles. The van der Waals surface area contributed by atoms with Crippen molar-refractivity contribution in [3.05, 3.63) is 30.1 Å². The standard InChI is InChI=1S/C9H6FN3O2/c10-7-3-1-6(2-4-7)8-12-13-9(15-8)11-5-14/h1-5H,(H,11,13,14). The monoisotopic (exact) mass is 207 g/mol. The number of hydrogen-bond acceptors (Lipinski definition) is 4. The maximum atomic E-state index is 12.6. The normalized spacial score (nSPS) is 9.93. The van der Waals surface area contributed by atoms with Gasteiger partial charge in [-0.3, -0.25) is 10.1 Å². The summed E-state index contributed by atoms with van der Waals surface area (Å²) in [4.78, 5) is 10.1. The first-order chi connectivity index (χ1) is 7.29. The van der Waals surface area contributed by atoms with Gasteiger partial charge in [0.15, 0.2) is 0 Å². The van der Waals surface area contributed by atoms with Crippen LogP contribution in [0.1, 0.15) is 0 Å². The van der Waals surface area contributed by atoms with E-state index in [9.17, 15) is 9.18 Å². The lowest BCUT2D eigenvalue weighted by atomic mass is 10.2. The molecule has 0 atom stereocenters. The Morgan fingerprint density at radius 1 is 1.27 bits per heavy atom. The number of carbonyl (C=O) groups excluding carboxylic acids is 1. The molecule has 1 aromatic carbocycles. The molecular weight excluding hydrogens is 201 g/mol. The average Bonchev–Trinajstić information content (AvgIpc) is 2.68. The van der Waals surface area contributed by atoms with Crippen molar-refractivity contribution in [3.63, 3.8) is 0 Å². The minimum absolute atomic E-state index is 0.00400. The van der Waals surface area contributed by atoms with Gasteiger partial charge in [0.25, 0.3) is 0 Å². The molecule has 0 spiro atoms. The molecule has 0 fully saturated rings. The van der Waals surface area contributed by atoms with E-state index in [2.05, 4.69) is 15.5 Å². The first-order valence-electron chi connectivity index (χ1n) is 4.09. The van der Waals surface area contributed by atoms with Crippen LogP contribution in [0.3, 0.4) is 0 Å². The lowest BCUT2D eigenvalue weighted by Crippen LogP contribution is -1.92. The van der Waals surface area contributed by atoms with Crippen LogP contribution in [0, 0.1) is 5.82 Å². The molecule has 1 heterocycles. The maximum Gasteiger partial charge on any atom is 0.322 e. The van der Waals surface area contributed by atoms with E-state index in [0.29, 0.717) is 12.0 Å². The van der Waals surface area contributed by atoms with Gasteiger partial charge in [-0.15, -0.1) is 5.10 Å². The van der Waals surface area contributed by atoms with E-state index in [4.69, 9.17) is 4.42 Å². The van der Waals surface area contributed by atoms with E-state index < -0.39 is 0 Å². The van der Waals surface area contributed by atoms with Crippen LogP contribution >= 0.6 is 0 Å². The lowest BCUT2D eigenvalue weighted by Gasteiger charge is -1.93. The SMILES string of the molecule is O=CNc1nnc(-c2ccc(F)cc2)o1. The van der Waals surface area contributed by atoms with Gasteiger partial charge in [-0.25, -0.2) is 4.39 Å². The summed E-state index contributed by atoms with van der Waals surface area (Å²) in [7, 11) is 0. The van der Waals surface area contributed by atoms with E-state index in [1.807, 2.05) is 0 Å². The lowest BCUT2D eigenvalue weighted by molar-refractivity contribution is -0.105. The quantitative estimate of drug-likeness (QED) is 0.773. The average molecular weight is 207 g/mol. The van der Waals surface area contributed by atoms with Crippen LogP contribution in [0.2, 0.25) is 0 Å². The summed E-state index contributed by atoms with van der Waals surface area (Å²) in [6.07, 6.45) is 0.432. The van der Waals surface area contributed by atoms with E-state index in [1.165, 1.54) is 24.3 Å². The summed E-state index contributed by atoms with van der Waals surface area (Å²) < 4.78 is 17.7. The van der Waals surface area contributed by atoms with Crippen molar-refractivity contribution >= 4 is 12.4 Å². The summed E-state index contributed by atoms with van der Waals surface area (Å²) >= 11 is 0. The highest BCUT2D eigenvalue weighted by molar-refractivity contribution is 5.66. The minimum atomic E-state index is -0.343. The predicted octanol–water partition coefficient (Wildman–Crippen LogP) is 1.44. The Hall–Kier alpha value is -2.24. The van der Waals surface area contributed by atoms with Crippen LogP contribution in [0.5, 0.6) is 0 Å². The fourth-order valence-corrected chi connectivity index (χ4v) is 1.04. The number of benzene rings is 1. The zero-order valence-corrected chi connectivity index (χ0v) is 7.48. The summed E-state index contributed by atoms with van der Waals surface area (Å²) in [5.41, 5.74) is 0.586. The van der Waals surface area contributed by atoms with Gasteiger partial charge in [0.1, 0.15) is 5.82 Å². The second-order valence-electron chi connectivity index (χ2n) is 2.68. The minimum Gasteiger partial charge on any atom is -0.403 e. The molecule has 0 saturated carbocycles. The molecule has 0 radical (unpaired) electrons. The van der Waals surface area contributed by atoms with Crippen LogP contribution < -0.4 is 5.32 Å². The largest absolute Gasteiger partial charge is 0.403 e. The van der Waals surface area contributed by atoms with Crippen molar-refractivity contribution < 1.29 is 13.6 Å². The number of carbonyl (C=O) groups is 1. The van der Waals surface area contributed by atoms with Crippen molar-refractivity contribution in [3.8, 4) is 11.5 Å². The van der Waals surface area contributed by atoms with E-state index >= 15 is 0 Å². The molecule has 0 aliphatic rings. The third kappa shape index (κ3) is 1.98. The van der Waals surface area contributed by atoms with Gasteiger partial charge < -0.3 is 4.42 Å². The second kappa shape index (κ2) is 3.87. The molecular formula is C9H6FN3O2. The number of rotatable bonds is 3. The van der Waals surface area contributed by atoms with Gasteiger partial charge in [-0.05, 0) is 24.3 Å². The van der Waals surface area contributed by atoms with Crippen molar-refractivity contribution in [1.82, 2.24) is 10.2 Å². The first-order valence-corrected chi connectivity index (χ1v) is 4.09. The third-order valence-corrected chi connectivity index (χ3v) is 1.70. The summed E-state index contributed by atoms with van der Waals surface area (Å²) in [6.45, 7) is 0. The third-order valence-electron chi connectivity index (χ3n) is 1.70. The molecule has 2 rings (SSSR count). The Morgan fingerprint density at radius 3 is 2.67 bits per heavy atom. The van der Waals surface area contributed by atoms with Gasteiger partial charge in [-0.1, -0.05) is 5.10 Å². The van der Waals surface area contributed by atoms with E-state index in [1.54, 1.807) is 0 Å². The highest BCUT2D eigenvalue weighted by atomic mass is 19.1. The summed E-state index contributed by atoms with van der Waals surface area (Å²) in [5, 5.41) is 9.44. The molecule has 6 heteroatoms.